The lowest BCUT2D eigenvalue weighted by atomic mass is 10.2. The van der Waals surface area contributed by atoms with E-state index in [1.807, 2.05) is 0 Å². The third-order valence-corrected chi connectivity index (χ3v) is 3.72. The molecule has 0 saturated heterocycles. The van der Waals surface area contributed by atoms with E-state index < -0.39 is 16.0 Å². The average Bonchev–Trinajstić information content (AvgIpc) is 2.20. The second kappa shape index (κ2) is 5.33. The van der Waals surface area contributed by atoms with Crippen molar-refractivity contribution in [2.24, 2.45) is 0 Å². The minimum absolute atomic E-state index is 0.0104. The number of nitrogens with one attached hydrogen (secondary N) is 1. The fourth-order valence-electron chi connectivity index (χ4n) is 1.13. The number of carbonyl (C=O) groups is 1. The Bertz CT molecular complexity index is 553. The summed E-state index contributed by atoms with van der Waals surface area (Å²) < 4.78 is 25.5. The summed E-state index contributed by atoms with van der Waals surface area (Å²) in [4.78, 5) is 10.8. The fraction of sp³-hybridized carbons (Fsp3) is 0.100. The van der Waals surface area contributed by atoms with Gasteiger partial charge in [0.1, 0.15) is 0 Å². The van der Waals surface area contributed by atoms with Crippen molar-refractivity contribution < 1.29 is 18.3 Å². The lowest BCUT2D eigenvalue weighted by Crippen LogP contribution is -2.15. The molecule has 0 aliphatic heterocycles. The maximum atomic E-state index is 11.4. The fourth-order valence-corrected chi connectivity index (χ4v) is 2.42. The van der Waals surface area contributed by atoms with Crippen molar-refractivity contribution in [1.82, 2.24) is 0 Å². The minimum Gasteiger partial charge on any atom is -0.478 e. The molecule has 0 fully saturated rings. The highest BCUT2D eigenvalue weighted by atomic mass is 79.9. The van der Waals surface area contributed by atoms with Gasteiger partial charge < -0.3 is 5.11 Å². The van der Waals surface area contributed by atoms with Crippen LogP contribution in [0.4, 0.5) is 5.69 Å². The standard InChI is InChI=1S/C10H10BrNO4S/c1-2-5-17(15,16)12-7-3-4-9(11)8(6-7)10(13)14/h2-4,6,12H,1,5H2,(H,13,14). The van der Waals surface area contributed by atoms with Crippen molar-refractivity contribution in [3.63, 3.8) is 0 Å². The van der Waals surface area contributed by atoms with Crippen LogP contribution < -0.4 is 4.72 Å². The summed E-state index contributed by atoms with van der Waals surface area (Å²) in [5, 5.41) is 8.87. The van der Waals surface area contributed by atoms with Crippen LogP contribution in [0.15, 0.2) is 35.3 Å². The molecule has 92 valence electrons. The summed E-state index contributed by atoms with van der Waals surface area (Å²) in [7, 11) is -3.52. The third-order valence-electron chi connectivity index (χ3n) is 1.81. The minimum atomic E-state index is -3.52. The van der Waals surface area contributed by atoms with Gasteiger partial charge in [0, 0.05) is 10.2 Å². The number of rotatable bonds is 5. The highest BCUT2D eigenvalue weighted by Gasteiger charge is 2.12. The largest absolute Gasteiger partial charge is 0.478 e. The first kappa shape index (κ1) is 13.7. The Balaban J connectivity index is 3.05. The van der Waals surface area contributed by atoms with E-state index in [1.165, 1.54) is 24.3 Å². The molecular formula is C10H10BrNO4S. The van der Waals surface area contributed by atoms with Gasteiger partial charge >= 0.3 is 5.97 Å². The number of anilines is 1. The number of carboxylic acid groups (broad SMARTS) is 1. The Morgan fingerprint density at radius 3 is 2.71 bits per heavy atom. The Hall–Kier alpha value is -1.34. The maximum absolute atomic E-state index is 11.4. The number of sulfonamides is 1. The Labute approximate surface area is 107 Å². The van der Waals surface area contributed by atoms with Gasteiger partial charge in [0.2, 0.25) is 10.0 Å². The molecule has 0 spiro atoms. The first-order valence-electron chi connectivity index (χ1n) is 4.50. The number of hydrogen-bond acceptors (Lipinski definition) is 3. The average molecular weight is 320 g/mol. The summed E-state index contributed by atoms with van der Waals surface area (Å²) in [6, 6.07) is 4.18. The van der Waals surface area contributed by atoms with Gasteiger partial charge in [-0.3, -0.25) is 4.72 Å². The van der Waals surface area contributed by atoms with E-state index in [9.17, 15) is 13.2 Å². The van der Waals surface area contributed by atoms with Crippen molar-refractivity contribution in [2.45, 2.75) is 0 Å². The number of aromatic carboxylic acids is 1. The van der Waals surface area contributed by atoms with Crippen LogP contribution in [-0.4, -0.2) is 25.2 Å². The van der Waals surface area contributed by atoms with Gasteiger partial charge in [-0.05, 0) is 34.1 Å². The SMILES string of the molecule is C=CCS(=O)(=O)Nc1ccc(Br)c(C(=O)O)c1. The lowest BCUT2D eigenvalue weighted by molar-refractivity contribution is 0.0696. The van der Waals surface area contributed by atoms with Crippen molar-refractivity contribution in [3.05, 3.63) is 40.9 Å². The zero-order chi connectivity index (χ0) is 13.1. The lowest BCUT2D eigenvalue weighted by Gasteiger charge is -2.07. The molecule has 0 heterocycles. The number of carboxylic acids is 1. The molecule has 0 unspecified atom stereocenters. The van der Waals surface area contributed by atoms with Gasteiger partial charge in [0.05, 0.1) is 11.3 Å². The Morgan fingerprint density at radius 2 is 2.18 bits per heavy atom. The summed E-state index contributed by atoms with van der Waals surface area (Å²) in [6.07, 6.45) is 1.25. The molecular weight excluding hydrogens is 310 g/mol. The van der Waals surface area contributed by atoms with Crippen LogP contribution in [-0.2, 0) is 10.0 Å². The summed E-state index contributed by atoms with van der Waals surface area (Å²) >= 11 is 3.07. The molecule has 7 heteroatoms. The molecule has 1 aromatic rings. The smallest absolute Gasteiger partial charge is 0.336 e. The van der Waals surface area contributed by atoms with Crippen molar-refractivity contribution in [2.75, 3.05) is 10.5 Å². The van der Waals surface area contributed by atoms with Crippen LogP contribution in [0.2, 0.25) is 0 Å². The van der Waals surface area contributed by atoms with E-state index >= 15 is 0 Å². The number of benzene rings is 1. The summed E-state index contributed by atoms with van der Waals surface area (Å²) in [5.41, 5.74) is 0.191. The predicted octanol–water partition coefficient (Wildman–Crippen LogP) is 2.08. The first-order valence-corrected chi connectivity index (χ1v) is 6.94. The molecule has 5 nitrogen and oxygen atoms in total. The van der Waals surface area contributed by atoms with E-state index in [0.29, 0.717) is 4.47 Å². The number of halogens is 1. The van der Waals surface area contributed by atoms with E-state index in [4.69, 9.17) is 5.11 Å². The Kier molecular flexibility index (Phi) is 4.30. The van der Waals surface area contributed by atoms with Crippen molar-refractivity contribution in [3.8, 4) is 0 Å². The molecule has 1 aromatic carbocycles. The van der Waals surface area contributed by atoms with Gasteiger partial charge in [-0.2, -0.15) is 0 Å². The monoisotopic (exact) mass is 319 g/mol. The van der Waals surface area contributed by atoms with Crippen molar-refractivity contribution in [1.29, 1.82) is 0 Å². The number of hydrogen-bond donors (Lipinski definition) is 2. The van der Waals surface area contributed by atoms with E-state index in [2.05, 4.69) is 27.2 Å². The van der Waals surface area contributed by atoms with Gasteiger partial charge in [-0.1, -0.05) is 6.08 Å². The van der Waals surface area contributed by atoms with Crippen LogP contribution in [0, 0.1) is 0 Å². The molecule has 1 rings (SSSR count). The van der Waals surface area contributed by atoms with Gasteiger partial charge in [0.25, 0.3) is 0 Å². The highest BCUT2D eigenvalue weighted by molar-refractivity contribution is 9.10. The zero-order valence-electron chi connectivity index (χ0n) is 8.68. The van der Waals surface area contributed by atoms with E-state index in [-0.39, 0.29) is 17.0 Å². The quantitative estimate of drug-likeness (QED) is 0.814. The molecule has 0 aliphatic rings. The second-order valence-corrected chi connectivity index (χ2v) is 5.79. The van der Waals surface area contributed by atoms with E-state index in [0.717, 1.165) is 0 Å². The van der Waals surface area contributed by atoms with Crippen LogP contribution in [0.1, 0.15) is 10.4 Å². The van der Waals surface area contributed by atoms with Crippen LogP contribution in [0.3, 0.4) is 0 Å². The zero-order valence-corrected chi connectivity index (χ0v) is 11.1. The summed E-state index contributed by atoms with van der Waals surface area (Å²) in [6.45, 7) is 3.33. The van der Waals surface area contributed by atoms with Gasteiger partial charge in [-0.25, -0.2) is 13.2 Å². The predicted molar refractivity (Wildman–Crippen MR) is 68.7 cm³/mol. The second-order valence-electron chi connectivity index (χ2n) is 3.17. The van der Waals surface area contributed by atoms with Crippen LogP contribution in [0.25, 0.3) is 0 Å². The van der Waals surface area contributed by atoms with Crippen molar-refractivity contribution >= 4 is 37.6 Å². The van der Waals surface area contributed by atoms with E-state index in [1.54, 1.807) is 0 Å². The molecule has 0 bridgehead atoms. The van der Waals surface area contributed by atoms with Gasteiger partial charge in [0.15, 0.2) is 0 Å². The highest BCUT2D eigenvalue weighted by Crippen LogP contribution is 2.21. The molecule has 2 N–H and O–H groups in total. The topological polar surface area (TPSA) is 83.5 Å². The third kappa shape index (κ3) is 3.86. The van der Waals surface area contributed by atoms with Crippen LogP contribution in [0.5, 0.6) is 0 Å². The molecule has 17 heavy (non-hydrogen) atoms. The molecule has 0 aromatic heterocycles. The molecule has 0 atom stereocenters. The van der Waals surface area contributed by atoms with Gasteiger partial charge in [-0.15, -0.1) is 6.58 Å². The Morgan fingerprint density at radius 1 is 1.53 bits per heavy atom. The molecule has 0 saturated carbocycles. The maximum Gasteiger partial charge on any atom is 0.336 e. The normalized spacial score (nSPS) is 10.9. The first-order chi connectivity index (χ1) is 7.85. The molecule has 0 aliphatic carbocycles. The molecule has 0 radical (unpaired) electrons. The van der Waals surface area contributed by atoms with Crippen LogP contribution >= 0.6 is 15.9 Å². The summed E-state index contributed by atoms with van der Waals surface area (Å²) in [5.74, 6) is -1.37. The molecule has 0 amide bonds.